The first-order chi connectivity index (χ1) is 16.2. The van der Waals surface area contributed by atoms with E-state index in [2.05, 4.69) is 38.3 Å². The van der Waals surface area contributed by atoms with Gasteiger partial charge in [0.25, 0.3) is 0 Å². The predicted molar refractivity (Wildman–Crippen MR) is 138 cm³/mol. The molecule has 0 N–H and O–H groups in total. The minimum atomic E-state index is -0.611. The van der Waals surface area contributed by atoms with E-state index in [1.54, 1.807) is 4.90 Å². The molecule has 2 heterocycles. The third-order valence-electron chi connectivity index (χ3n) is 5.37. The van der Waals surface area contributed by atoms with E-state index in [0.29, 0.717) is 32.6 Å². The summed E-state index contributed by atoms with van der Waals surface area (Å²) in [6.45, 7) is 8.82. The molecule has 1 saturated heterocycles. The van der Waals surface area contributed by atoms with E-state index < -0.39 is 5.30 Å². The number of ether oxygens (including phenoxy) is 2. The van der Waals surface area contributed by atoms with Gasteiger partial charge < -0.3 is 19.3 Å². The molecule has 184 valence electrons. The summed E-state index contributed by atoms with van der Waals surface area (Å²) < 4.78 is 10.7. The SMILES string of the molecule is CSC(Cc1cc(N2CCN(C(=O)OCc3ccccc3)CC2)nc(C(C)(C)C)n1)OC(=O)S. The van der Waals surface area contributed by atoms with Gasteiger partial charge in [-0.1, -0.05) is 63.7 Å². The number of hydrogen-bond donors (Lipinski definition) is 1. The van der Waals surface area contributed by atoms with Gasteiger partial charge in [0.15, 0.2) is 5.44 Å². The van der Waals surface area contributed by atoms with Gasteiger partial charge in [-0.25, -0.2) is 19.6 Å². The Bertz CT molecular complexity index is 977. The molecule has 0 aliphatic carbocycles. The predicted octanol–water partition coefficient (Wildman–Crippen LogP) is 4.53. The Balaban J connectivity index is 1.66. The van der Waals surface area contributed by atoms with Crippen LogP contribution in [0.2, 0.25) is 0 Å². The molecule has 2 aromatic rings. The molecule has 1 unspecified atom stereocenters. The highest BCUT2D eigenvalue weighted by atomic mass is 32.2. The lowest BCUT2D eigenvalue weighted by atomic mass is 9.95. The summed E-state index contributed by atoms with van der Waals surface area (Å²) >= 11 is 5.16. The summed E-state index contributed by atoms with van der Waals surface area (Å²) in [7, 11) is 0. The number of carbonyl (C=O) groups excluding carboxylic acids is 2. The molecule has 34 heavy (non-hydrogen) atoms. The second-order valence-electron chi connectivity index (χ2n) is 9.06. The molecule has 0 spiro atoms. The molecule has 1 aromatic heterocycles. The summed E-state index contributed by atoms with van der Waals surface area (Å²) in [5, 5.41) is -0.611. The van der Waals surface area contributed by atoms with Crippen molar-refractivity contribution in [2.45, 2.75) is 44.6 Å². The zero-order valence-corrected chi connectivity index (χ0v) is 21.8. The van der Waals surface area contributed by atoms with Crippen molar-refractivity contribution in [1.29, 1.82) is 0 Å². The van der Waals surface area contributed by atoms with Crippen LogP contribution in [0.3, 0.4) is 0 Å². The van der Waals surface area contributed by atoms with Crippen LogP contribution in [0.4, 0.5) is 15.4 Å². The van der Waals surface area contributed by atoms with Crippen LogP contribution >= 0.6 is 24.4 Å². The quantitative estimate of drug-likeness (QED) is 0.334. The van der Waals surface area contributed by atoms with Gasteiger partial charge in [0, 0.05) is 44.1 Å². The van der Waals surface area contributed by atoms with Crippen molar-refractivity contribution >= 4 is 41.6 Å². The fraction of sp³-hybridized carbons (Fsp3) is 0.500. The monoisotopic (exact) mass is 504 g/mol. The number of piperazine rings is 1. The minimum absolute atomic E-state index is 0.247. The molecule has 0 bridgehead atoms. The van der Waals surface area contributed by atoms with Crippen LogP contribution in [-0.2, 0) is 27.9 Å². The molecule has 8 nitrogen and oxygen atoms in total. The summed E-state index contributed by atoms with van der Waals surface area (Å²) in [6.07, 6.45) is 2.03. The van der Waals surface area contributed by atoms with Crippen LogP contribution < -0.4 is 4.90 Å². The Morgan fingerprint density at radius 1 is 1.12 bits per heavy atom. The lowest BCUT2D eigenvalue weighted by Gasteiger charge is -2.35. The number of aromatic nitrogens is 2. The molecular formula is C24H32N4O4S2. The second-order valence-corrected chi connectivity index (χ2v) is 10.4. The van der Waals surface area contributed by atoms with Crippen LogP contribution in [0.1, 0.15) is 37.9 Å². The zero-order chi connectivity index (χ0) is 24.7. The van der Waals surface area contributed by atoms with Crippen LogP contribution in [0.5, 0.6) is 0 Å². The van der Waals surface area contributed by atoms with Gasteiger partial charge in [-0.05, 0) is 11.8 Å². The van der Waals surface area contributed by atoms with Gasteiger partial charge in [-0.3, -0.25) is 0 Å². The van der Waals surface area contributed by atoms with E-state index in [9.17, 15) is 9.59 Å². The maximum atomic E-state index is 12.5. The van der Waals surface area contributed by atoms with E-state index in [1.807, 2.05) is 42.7 Å². The summed E-state index contributed by atoms with van der Waals surface area (Å²) in [4.78, 5) is 37.2. The molecule has 1 aliphatic heterocycles. The van der Waals surface area contributed by atoms with Gasteiger partial charge in [-0.2, -0.15) is 0 Å². The first-order valence-electron chi connectivity index (χ1n) is 11.2. The number of rotatable bonds is 7. The van der Waals surface area contributed by atoms with Gasteiger partial charge in [0.2, 0.25) is 0 Å². The summed E-state index contributed by atoms with van der Waals surface area (Å²) in [6, 6.07) is 11.6. The van der Waals surface area contributed by atoms with E-state index >= 15 is 0 Å². The molecule has 1 atom stereocenters. The highest BCUT2D eigenvalue weighted by Crippen LogP contribution is 2.25. The molecule has 1 aromatic carbocycles. The summed E-state index contributed by atoms with van der Waals surface area (Å²) in [5.74, 6) is 1.53. The molecule has 1 aliphatic rings. The first kappa shape index (κ1) is 26.2. The van der Waals surface area contributed by atoms with Crippen molar-refractivity contribution < 1.29 is 19.1 Å². The molecular weight excluding hydrogens is 472 g/mol. The van der Waals surface area contributed by atoms with Crippen LogP contribution in [0, 0.1) is 0 Å². The highest BCUT2D eigenvalue weighted by Gasteiger charge is 2.26. The Hall–Kier alpha value is -2.46. The number of amides is 1. The molecule has 3 rings (SSSR count). The topological polar surface area (TPSA) is 84.9 Å². The lowest BCUT2D eigenvalue weighted by molar-refractivity contribution is 0.0941. The Morgan fingerprint density at radius 3 is 2.38 bits per heavy atom. The fourth-order valence-corrected chi connectivity index (χ4v) is 4.19. The van der Waals surface area contributed by atoms with Crippen molar-refractivity contribution in [2.24, 2.45) is 0 Å². The van der Waals surface area contributed by atoms with E-state index in [0.717, 1.165) is 22.9 Å². The molecule has 1 fully saturated rings. The number of nitrogens with zero attached hydrogens (tertiary/aromatic N) is 4. The molecule has 0 saturated carbocycles. The average Bonchev–Trinajstić information content (AvgIpc) is 2.82. The van der Waals surface area contributed by atoms with E-state index in [-0.39, 0.29) is 23.6 Å². The number of thioether (sulfide) groups is 1. The smallest absolute Gasteiger partial charge is 0.410 e. The molecule has 10 heteroatoms. The van der Waals surface area contributed by atoms with E-state index in [1.165, 1.54) is 11.8 Å². The average molecular weight is 505 g/mol. The van der Waals surface area contributed by atoms with Gasteiger partial charge >= 0.3 is 11.4 Å². The van der Waals surface area contributed by atoms with Gasteiger partial charge in [0.05, 0.1) is 5.69 Å². The number of anilines is 1. The maximum absolute atomic E-state index is 12.5. The number of thiol groups is 1. The van der Waals surface area contributed by atoms with Crippen molar-refractivity contribution in [3.63, 3.8) is 0 Å². The Kier molecular flexibility index (Phi) is 9.07. The Morgan fingerprint density at radius 2 is 1.79 bits per heavy atom. The van der Waals surface area contributed by atoms with Crippen molar-refractivity contribution in [1.82, 2.24) is 14.9 Å². The molecule has 0 radical (unpaired) electrons. The van der Waals surface area contributed by atoms with Crippen molar-refractivity contribution in [3.8, 4) is 0 Å². The maximum Gasteiger partial charge on any atom is 0.410 e. The van der Waals surface area contributed by atoms with Crippen LogP contribution in [-0.4, -0.2) is 64.1 Å². The summed E-state index contributed by atoms with van der Waals surface area (Å²) in [5.41, 5.74) is 1.14. The normalized spacial score (nSPS) is 15.1. The standard InChI is InChI=1S/C24H32N4O4S2/c1-24(2,3)21-25-18(15-20(34-4)32-23(30)33)14-19(26-21)27-10-12-28(13-11-27)22(29)31-16-17-8-6-5-7-9-17/h5-9,14,20H,10-13,15-16H2,1-4H3,(H,30,33). The van der Waals surface area contributed by atoms with Crippen LogP contribution in [0.25, 0.3) is 0 Å². The Labute approximate surface area is 210 Å². The number of hydrogen-bond acceptors (Lipinski definition) is 8. The molecule has 1 amide bonds. The third-order valence-corrected chi connectivity index (χ3v) is 6.27. The van der Waals surface area contributed by atoms with Crippen molar-refractivity contribution in [3.05, 3.63) is 53.5 Å². The highest BCUT2D eigenvalue weighted by molar-refractivity contribution is 7.99. The van der Waals surface area contributed by atoms with Gasteiger partial charge in [0.1, 0.15) is 18.2 Å². The number of carbonyl (C=O) groups is 2. The largest absolute Gasteiger partial charge is 0.445 e. The van der Waals surface area contributed by atoms with E-state index in [4.69, 9.17) is 19.4 Å². The van der Waals surface area contributed by atoms with Crippen LogP contribution in [0.15, 0.2) is 36.4 Å². The van der Waals surface area contributed by atoms with Gasteiger partial charge in [-0.15, -0.1) is 11.8 Å². The third kappa shape index (κ3) is 7.53. The minimum Gasteiger partial charge on any atom is -0.445 e. The fourth-order valence-electron chi connectivity index (χ4n) is 3.47. The zero-order valence-electron chi connectivity index (χ0n) is 20.1. The van der Waals surface area contributed by atoms with Crippen molar-refractivity contribution in [2.75, 3.05) is 37.3 Å². The second kappa shape index (κ2) is 11.8. The lowest BCUT2D eigenvalue weighted by Crippen LogP contribution is -2.49. The first-order valence-corrected chi connectivity index (χ1v) is 12.9. The number of benzene rings is 1.